The molecular formula is C26H27F3N4O4S. The van der Waals surface area contributed by atoms with Crippen LogP contribution in [0.2, 0.25) is 0 Å². The monoisotopic (exact) mass is 548 g/mol. The van der Waals surface area contributed by atoms with Crippen molar-refractivity contribution in [2.45, 2.75) is 57.3 Å². The zero-order valence-corrected chi connectivity index (χ0v) is 21.7. The average molecular weight is 549 g/mol. The van der Waals surface area contributed by atoms with Gasteiger partial charge in [0.05, 0.1) is 31.5 Å². The number of aromatic nitrogens is 2. The minimum atomic E-state index is -4.59. The van der Waals surface area contributed by atoms with E-state index in [4.69, 9.17) is 9.47 Å². The van der Waals surface area contributed by atoms with E-state index < -0.39 is 30.1 Å². The van der Waals surface area contributed by atoms with Crippen LogP contribution in [0.4, 0.5) is 24.0 Å². The van der Waals surface area contributed by atoms with Crippen LogP contribution in [0.1, 0.15) is 75.0 Å². The number of anilines is 2. The van der Waals surface area contributed by atoms with Gasteiger partial charge >= 0.3 is 12.1 Å². The molecule has 2 aliphatic rings. The quantitative estimate of drug-likeness (QED) is 0.372. The molecule has 5 rings (SSSR count). The number of nitrogens with one attached hydrogen (secondary N) is 2. The second kappa shape index (κ2) is 10.3. The first kappa shape index (κ1) is 26.1. The maximum atomic E-state index is 14.1. The van der Waals surface area contributed by atoms with Gasteiger partial charge in [0, 0.05) is 11.3 Å². The molecule has 1 amide bonds. The molecule has 12 heteroatoms. The van der Waals surface area contributed by atoms with Crippen molar-refractivity contribution in [1.29, 1.82) is 0 Å². The highest BCUT2D eigenvalue weighted by Crippen LogP contribution is 2.45. The molecule has 1 aromatic carbocycles. The molecule has 38 heavy (non-hydrogen) atoms. The minimum absolute atomic E-state index is 0.0390. The molecule has 0 spiro atoms. The fourth-order valence-electron chi connectivity index (χ4n) is 5.05. The van der Waals surface area contributed by atoms with E-state index in [0.29, 0.717) is 28.3 Å². The van der Waals surface area contributed by atoms with Gasteiger partial charge < -0.3 is 20.1 Å². The van der Waals surface area contributed by atoms with Crippen LogP contribution in [0.3, 0.4) is 0 Å². The van der Waals surface area contributed by atoms with Crippen molar-refractivity contribution in [2.75, 3.05) is 24.4 Å². The zero-order chi connectivity index (χ0) is 27.0. The van der Waals surface area contributed by atoms with Gasteiger partial charge in [-0.3, -0.25) is 4.79 Å². The number of thiophene rings is 1. The van der Waals surface area contributed by atoms with E-state index >= 15 is 0 Å². The number of carbonyl (C=O) groups is 2. The number of hydrogen-bond acceptors (Lipinski definition) is 7. The van der Waals surface area contributed by atoms with Crippen molar-refractivity contribution in [3.63, 3.8) is 0 Å². The van der Waals surface area contributed by atoms with E-state index in [9.17, 15) is 22.8 Å². The number of amides is 1. The van der Waals surface area contributed by atoms with Gasteiger partial charge in [-0.25, -0.2) is 9.48 Å². The summed E-state index contributed by atoms with van der Waals surface area (Å²) in [6, 6.07) is 4.11. The second-order valence-corrected chi connectivity index (χ2v) is 10.3. The molecule has 2 aromatic heterocycles. The smallest absolute Gasteiger partial charge is 0.410 e. The fourth-order valence-corrected chi connectivity index (χ4v) is 6.32. The first-order chi connectivity index (χ1) is 18.2. The average Bonchev–Trinajstić information content (AvgIpc) is 3.49. The zero-order valence-electron chi connectivity index (χ0n) is 20.9. The van der Waals surface area contributed by atoms with Crippen LogP contribution >= 0.6 is 11.3 Å². The molecule has 202 valence electrons. The molecule has 1 aliphatic carbocycles. The van der Waals surface area contributed by atoms with Crippen LogP contribution in [0.15, 0.2) is 30.5 Å². The predicted molar refractivity (Wildman–Crippen MR) is 136 cm³/mol. The second-order valence-electron chi connectivity index (χ2n) is 9.21. The summed E-state index contributed by atoms with van der Waals surface area (Å²) in [5, 5.41) is 10.1. The Bertz CT molecular complexity index is 1370. The molecule has 3 aromatic rings. The van der Waals surface area contributed by atoms with E-state index in [-0.39, 0.29) is 24.4 Å². The third-order valence-corrected chi connectivity index (χ3v) is 8.06. The van der Waals surface area contributed by atoms with Crippen molar-refractivity contribution in [2.24, 2.45) is 0 Å². The summed E-state index contributed by atoms with van der Waals surface area (Å²) in [4.78, 5) is 27.2. The van der Waals surface area contributed by atoms with Gasteiger partial charge in [-0.2, -0.15) is 18.3 Å². The SMILES string of the molecule is CCOC(=O)c1c(NC(=O)c2cnn3c2N[C@H](c2cccc(OC)c2)C[C@@H]3C(F)(F)F)sc2c1CCCC2. The molecule has 0 bridgehead atoms. The Hall–Kier alpha value is -3.54. The number of ether oxygens (including phenoxy) is 2. The third-order valence-electron chi connectivity index (χ3n) is 6.86. The maximum Gasteiger partial charge on any atom is 0.410 e. The maximum absolute atomic E-state index is 14.1. The van der Waals surface area contributed by atoms with Crippen molar-refractivity contribution in [3.8, 4) is 5.75 Å². The van der Waals surface area contributed by atoms with Gasteiger partial charge in [0.1, 0.15) is 22.1 Å². The van der Waals surface area contributed by atoms with Gasteiger partial charge in [-0.15, -0.1) is 11.3 Å². The molecule has 2 N–H and O–H groups in total. The summed E-state index contributed by atoms with van der Waals surface area (Å²) in [5.74, 6) is -0.705. The van der Waals surface area contributed by atoms with Crippen LogP contribution in [-0.4, -0.2) is 41.5 Å². The highest BCUT2D eigenvalue weighted by atomic mass is 32.1. The fraction of sp³-hybridized carbons (Fsp3) is 0.423. The summed E-state index contributed by atoms with van der Waals surface area (Å²) in [7, 11) is 1.48. The van der Waals surface area contributed by atoms with E-state index in [1.807, 2.05) is 0 Å². The molecule has 0 saturated heterocycles. The lowest BCUT2D eigenvalue weighted by Crippen LogP contribution is -2.36. The number of carbonyl (C=O) groups excluding carboxylic acids is 2. The third kappa shape index (κ3) is 4.84. The van der Waals surface area contributed by atoms with Crippen molar-refractivity contribution in [1.82, 2.24) is 9.78 Å². The first-order valence-corrected chi connectivity index (χ1v) is 13.2. The number of benzene rings is 1. The van der Waals surface area contributed by atoms with E-state index in [1.54, 1.807) is 31.2 Å². The summed E-state index contributed by atoms with van der Waals surface area (Å²) in [6.07, 6.45) is -0.363. The van der Waals surface area contributed by atoms with Crippen molar-refractivity contribution < 1.29 is 32.2 Å². The number of esters is 1. The van der Waals surface area contributed by atoms with Gasteiger partial charge in [0.25, 0.3) is 5.91 Å². The molecule has 8 nitrogen and oxygen atoms in total. The summed E-state index contributed by atoms with van der Waals surface area (Å²) in [5.41, 5.74) is 1.75. The molecule has 0 radical (unpaired) electrons. The van der Waals surface area contributed by atoms with Crippen LogP contribution < -0.4 is 15.4 Å². The normalized spacial score (nSPS) is 18.7. The molecule has 0 unspecified atom stereocenters. The van der Waals surface area contributed by atoms with Crippen molar-refractivity contribution >= 4 is 34.0 Å². The van der Waals surface area contributed by atoms with Crippen LogP contribution in [0, 0.1) is 0 Å². The standard InChI is InChI=1S/C26H27F3N4O4S/c1-3-37-25(35)21-16-9-4-5-10-19(16)38-24(21)32-23(34)17-13-30-33-20(26(27,28)29)12-18(31-22(17)33)14-7-6-8-15(11-14)36-2/h6-8,11,13,18,20,31H,3-5,9-10,12H2,1-2H3,(H,32,34)/t18-,20+/m0/s1. The minimum Gasteiger partial charge on any atom is -0.497 e. The first-order valence-electron chi connectivity index (χ1n) is 12.4. The summed E-state index contributed by atoms with van der Waals surface area (Å²) >= 11 is 1.31. The topological polar surface area (TPSA) is 94.5 Å². The molecule has 0 saturated carbocycles. The number of halogens is 3. The molecule has 2 atom stereocenters. The Morgan fingerprint density at radius 2 is 2.05 bits per heavy atom. The molecule has 3 heterocycles. The molecule has 1 aliphatic heterocycles. The number of alkyl halides is 3. The Morgan fingerprint density at radius 3 is 2.79 bits per heavy atom. The Balaban J connectivity index is 1.50. The lowest BCUT2D eigenvalue weighted by molar-refractivity contribution is -0.173. The van der Waals surface area contributed by atoms with E-state index in [2.05, 4.69) is 15.7 Å². The number of aryl methyl sites for hydroxylation is 1. The lowest BCUT2D eigenvalue weighted by Gasteiger charge is -2.34. The number of nitrogens with zero attached hydrogens (tertiary/aromatic N) is 2. The summed E-state index contributed by atoms with van der Waals surface area (Å²) in [6.45, 7) is 1.89. The highest BCUT2D eigenvalue weighted by molar-refractivity contribution is 7.17. The van der Waals surface area contributed by atoms with Gasteiger partial charge in [-0.05, 0) is 55.9 Å². The number of methoxy groups -OCH3 is 1. The Kier molecular flexibility index (Phi) is 7.08. The van der Waals surface area contributed by atoms with Crippen LogP contribution in [0.5, 0.6) is 5.75 Å². The molecule has 0 fully saturated rings. The van der Waals surface area contributed by atoms with Gasteiger partial charge in [-0.1, -0.05) is 12.1 Å². The van der Waals surface area contributed by atoms with E-state index in [0.717, 1.165) is 40.6 Å². The number of hydrogen-bond donors (Lipinski definition) is 2. The Morgan fingerprint density at radius 1 is 1.26 bits per heavy atom. The number of rotatable bonds is 6. The van der Waals surface area contributed by atoms with E-state index in [1.165, 1.54) is 18.4 Å². The lowest BCUT2D eigenvalue weighted by atomic mass is 9.95. The number of fused-ring (bicyclic) bond motifs is 2. The van der Waals surface area contributed by atoms with Crippen LogP contribution in [-0.2, 0) is 17.6 Å². The van der Waals surface area contributed by atoms with Crippen LogP contribution in [0.25, 0.3) is 0 Å². The Labute approximate surface area is 221 Å². The molecular weight excluding hydrogens is 521 g/mol. The van der Waals surface area contributed by atoms with Gasteiger partial charge in [0.15, 0.2) is 6.04 Å². The highest BCUT2D eigenvalue weighted by Gasteiger charge is 2.47. The predicted octanol–water partition coefficient (Wildman–Crippen LogP) is 5.92. The summed E-state index contributed by atoms with van der Waals surface area (Å²) < 4.78 is 53.6. The largest absolute Gasteiger partial charge is 0.497 e. The van der Waals surface area contributed by atoms with Gasteiger partial charge in [0.2, 0.25) is 0 Å². The van der Waals surface area contributed by atoms with Crippen molar-refractivity contribution in [3.05, 3.63) is 57.6 Å².